The van der Waals surface area contributed by atoms with Crippen LogP contribution in [0.4, 0.5) is 4.39 Å². The number of aryl methyl sites for hydroxylation is 1. The molecule has 0 aliphatic carbocycles. The van der Waals surface area contributed by atoms with Crippen LogP contribution in [-0.4, -0.2) is 6.67 Å². The molecule has 0 spiro atoms. The van der Waals surface area contributed by atoms with E-state index >= 15 is 0 Å². The average Bonchev–Trinajstić information content (AvgIpc) is 2.08. The van der Waals surface area contributed by atoms with Crippen LogP contribution >= 0.6 is 22.6 Å². The Labute approximate surface area is 86.3 Å². The molecule has 0 bridgehead atoms. The summed E-state index contributed by atoms with van der Waals surface area (Å²) in [5.41, 5.74) is 2.17. The summed E-state index contributed by atoms with van der Waals surface area (Å²) in [7, 11) is 0. The highest BCUT2D eigenvalue weighted by molar-refractivity contribution is 14.1. The summed E-state index contributed by atoms with van der Waals surface area (Å²) in [6, 6.07) is 5.93. The molecular weight excluding hydrogens is 266 g/mol. The van der Waals surface area contributed by atoms with Crippen molar-refractivity contribution >= 4 is 22.6 Å². The molecule has 0 heterocycles. The van der Waals surface area contributed by atoms with E-state index in [1.165, 1.54) is 9.13 Å². The first-order valence-corrected chi connectivity index (χ1v) is 4.88. The lowest BCUT2D eigenvalue weighted by molar-refractivity contribution is 0.465. The molecule has 1 aromatic rings. The molecule has 0 saturated carbocycles. The van der Waals surface area contributed by atoms with Crippen molar-refractivity contribution in [2.24, 2.45) is 0 Å². The number of hydrogen-bond acceptors (Lipinski definition) is 0. The molecule has 1 atom stereocenters. The number of hydrogen-bond donors (Lipinski definition) is 0. The summed E-state index contributed by atoms with van der Waals surface area (Å²) in [5.74, 6) is -0.222. The smallest absolute Gasteiger partial charge is 0.0962 e. The van der Waals surface area contributed by atoms with Gasteiger partial charge in [0.25, 0.3) is 0 Å². The van der Waals surface area contributed by atoms with Crippen molar-refractivity contribution in [3.63, 3.8) is 0 Å². The van der Waals surface area contributed by atoms with E-state index in [-0.39, 0.29) is 12.6 Å². The Morgan fingerprint density at radius 3 is 2.75 bits per heavy atom. The van der Waals surface area contributed by atoms with E-state index in [1.54, 1.807) is 0 Å². The predicted octanol–water partition coefficient (Wildman–Crippen LogP) is 3.49. The SMILES string of the molecule is [CH2]C(CF)c1ccc(I)c(C)c1. The third kappa shape index (κ3) is 2.19. The van der Waals surface area contributed by atoms with Crippen LogP contribution in [-0.2, 0) is 0 Å². The Hall–Kier alpha value is -0.120. The van der Waals surface area contributed by atoms with Crippen LogP contribution in [0.3, 0.4) is 0 Å². The van der Waals surface area contributed by atoms with Crippen LogP contribution in [0.25, 0.3) is 0 Å². The van der Waals surface area contributed by atoms with Crippen LogP contribution in [0.1, 0.15) is 17.0 Å². The van der Waals surface area contributed by atoms with Crippen LogP contribution in [0, 0.1) is 17.4 Å². The topological polar surface area (TPSA) is 0 Å². The molecule has 0 amide bonds. The molecule has 2 heteroatoms. The minimum absolute atomic E-state index is 0.222. The molecule has 65 valence electrons. The fraction of sp³-hybridized carbons (Fsp3) is 0.300. The lowest BCUT2D eigenvalue weighted by Gasteiger charge is -2.08. The Morgan fingerprint density at radius 1 is 1.58 bits per heavy atom. The van der Waals surface area contributed by atoms with E-state index < -0.39 is 0 Å². The highest BCUT2D eigenvalue weighted by atomic mass is 127. The summed E-state index contributed by atoms with van der Waals surface area (Å²) < 4.78 is 13.5. The lowest BCUT2D eigenvalue weighted by Crippen LogP contribution is -1.96. The van der Waals surface area contributed by atoms with Gasteiger partial charge in [0.05, 0.1) is 6.67 Å². The molecule has 0 aliphatic rings. The Balaban J connectivity index is 2.96. The maximum absolute atomic E-state index is 12.2. The van der Waals surface area contributed by atoms with E-state index in [9.17, 15) is 4.39 Å². The summed E-state index contributed by atoms with van der Waals surface area (Å²) in [6.45, 7) is 5.36. The summed E-state index contributed by atoms with van der Waals surface area (Å²) in [4.78, 5) is 0. The molecule has 1 radical (unpaired) electrons. The maximum atomic E-state index is 12.2. The third-order valence-corrected chi connectivity index (χ3v) is 3.05. The van der Waals surface area contributed by atoms with E-state index in [1.807, 2.05) is 25.1 Å². The highest BCUT2D eigenvalue weighted by Crippen LogP contribution is 2.19. The van der Waals surface area contributed by atoms with Crippen LogP contribution < -0.4 is 0 Å². The summed E-state index contributed by atoms with van der Waals surface area (Å²) in [6.07, 6.45) is 0. The number of rotatable bonds is 2. The van der Waals surface area contributed by atoms with Crippen LogP contribution in [0.5, 0.6) is 0 Å². The third-order valence-electron chi connectivity index (χ3n) is 1.84. The van der Waals surface area contributed by atoms with Gasteiger partial charge < -0.3 is 0 Å². The van der Waals surface area contributed by atoms with Gasteiger partial charge in [-0.2, -0.15) is 0 Å². The average molecular weight is 277 g/mol. The molecule has 0 aliphatic heterocycles. The summed E-state index contributed by atoms with van der Waals surface area (Å²) in [5, 5.41) is 0. The predicted molar refractivity (Wildman–Crippen MR) is 58.0 cm³/mol. The molecule has 0 aromatic heterocycles. The van der Waals surface area contributed by atoms with Crippen molar-refractivity contribution in [3.05, 3.63) is 39.8 Å². The van der Waals surface area contributed by atoms with Crippen molar-refractivity contribution in [3.8, 4) is 0 Å². The zero-order chi connectivity index (χ0) is 9.14. The second kappa shape index (κ2) is 4.21. The molecule has 1 rings (SSSR count). The van der Waals surface area contributed by atoms with Crippen LogP contribution in [0.15, 0.2) is 18.2 Å². The minimum Gasteiger partial charge on any atom is -0.250 e. The molecule has 1 aromatic carbocycles. The zero-order valence-corrected chi connectivity index (χ0v) is 9.14. The lowest BCUT2D eigenvalue weighted by atomic mass is 10.0. The van der Waals surface area contributed by atoms with Crippen molar-refractivity contribution in [2.75, 3.05) is 6.67 Å². The van der Waals surface area contributed by atoms with E-state index in [2.05, 4.69) is 29.5 Å². The van der Waals surface area contributed by atoms with Crippen molar-refractivity contribution in [1.82, 2.24) is 0 Å². The Kier molecular flexibility index (Phi) is 3.50. The normalized spacial score (nSPS) is 13.0. The minimum atomic E-state index is -0.389. The molecule has 12 heavy (non-hydrogen) atoms. The van der Waals surface area contributed by atoms with Gasteiger partial charge in [-0.25, -0.2) is 0 Å². The molecule has 0 fully saturated rings. The first kappa shape index (κ1) is 9.96. The van der Waals surface area contributed by atoms with Gasteiger partial charge in [-0.05, 0) is 53.6 Å². The van der Waals surface area contributed by atoms with E-state index in [4.69, 9.17) is 0 Å². The van der Waals surface area contributed by atoms with Crippen molar-refractivity contribution in [2.45, 2.75) is 12.8 Å². The fourth-order valence-electron chi connectivity index (χ4n) is 1.01. The van der Waals surface area contributed by atoms with E-state index in [0.29, 0.717) is 0 Å². The van der Waals surface area contributed by atoms with E-state index in [0.717, 1.165) is 5.56 Å². The van der Waals surface area contributed by atoms with Gasteiger partial charge in [-0.1, -0.05) is 12.1 Å². The van der Waals surface area contributed by atoms with Gasteiger partial charge in [-0.15, -0.1) is 0 Å². The van der Waals surface area contributed by atoms with Gasteiger partial charge in [0, 0.05) is 9.49 Å². The Morgan fingerprint density at radius 2 is 2.25 bits per heavy atom. The van der Waals surface area contributed by atoms with Gasteiger partial charge in [0.1, 0.15) is 0 Å². The summed E-state index contributed by atoms with van der Waals surface area (Å²) >= 11 is 2.26. The Bertz CT molecular complexity index is 271. The second-order valence-electron chi connectivity index (χ2n) is 2.86. The molecule has 0 N–H and O–H groups in total. The van der Waals surface area contributed by atoms with Gasteiger partial charge in [0.2, 0.25) is 0 Å². The first-order valence-electron chi connectivity index (χ1n) is 3.80. The maximum Gasteiger partial charge on any atom is 0.0962 e. The monoisotopic (exact) mass is 277 g/mol. The van der Waals surface area contributed by atoms with Crippen LogP contribution in [0.2, 0.25) is 0 Å². The van der Waals surface area contributed by atoms with Crippen molar-refractivity contribution < 1.29 is 4.39 Å². The van der Waals surface area contributed by atoms with Gasteiger partial charge in [-0.3, -0.25) is 4.39 Å². The largest absolute Gasteiger partial charge is 0.250 e. The second-order valence-corrected chi connectivity index (χ2v) is 4.02. The number of halogens is 2. The zero-order valence-electron chi connectivity index (χ0n) is 6.98. The molecule has 0 saturated heterocycles. The highest BCUT2D eigenvalue weighted by Gasteiger charge is 2.05. The quantitative estimate of drug-likeness (QED) is 0.726. The molecular formula is C10H11FI. The van der Waals surface area contributed by atoms with Crippen molar-refractivity contribution in [1.29, 1.82) is 0 Å². The number of alkyl halides is 1. The fourth-order valence-corrected chi connectivity index (χ4v) is 1.35. The molecule has 1 unspecified atom stereocenters. The van der Waals surface area contributed by atoms with Gasteiger partial charge >= 0.3 is 0 Å². The number of benzene rings is 1. The first-order chi connectivity index (χ1) is 5.65. The van der Waals surface area contributed by atoms with Gasteiger partial charge in [0.15, 0.2) is 0 Å². The molecule has 0 nitrogen and oxygen atoms in total. The standard InChI is InChI=1S/C10H11FI/c1-7-5-9(8(2)6-11)3-4-10(7)12/h3-5,8H,2,6H2,1H3.